The first kappa shape index (κ1) is 19.5. The number of hydrogen-bond donors (Lipinski definition) is 2. The van der Waals surface area contributed by atoms with E-state index in [2.05, 4.69) is 9.71 Å². The number of nitrogens with two attached hydrogens (primary N) is 1. The summed E-state index contributed by atoms with van der Waals surface area (Å²) in [4.78, 5) is 15.7. The smallest absolute Gasteiger partial charge is 0.242 e. The van der Waals surface area contributed by atoms with Gasteiger partial charge in [-0.3, -0.25) is 4.79 Å². The fourth-order valence-corrected chi connectivity index (χ4v) is 3.65. The van der Waals surface area contributed by atoms with Crippen LogP contribution in [-0.4, -0.2) is 25.4 Å². The molecule has 1 aromatic heterocycles. The van der Waals surface area contributed by atoms with E-state index in [1.54, 1.807) is 36.4 Å². The number of carbonyl (C=O) groups excluding carboxylic acids is 1. The predicted molar refractivity (Wildman–Crippen MR) is 104 cm³/mol. The summed E-state index contributed by atoms with van der Waals surface area (Å²) in [5.41, 5.74) is 6.17. The van der Waals surface area contributed by atoms with E-state index >= 15 is 0 Å². The predicted octanol–water partition coefficient (Wildman–Crippen LogP) is 2.25. The maximum atomic E-state index is 12.6. The van der Waals surface area contributed by atoms with Gasteiger partial charge in [0.25, 0.3) is 0 Å². The molecule has 0 spiro atoms. The molecular formula is C20H19N3O4S. The molecule has 28 heavy (non-hydrogen) atoms. The molecule has 1 amide bonds. The van der Waals surface area contributed by atoms with Crippen molar-refractivity contribution in [2.45, 2.75) is 17.4 Å². The van der Waals surface area contributed by atoms with Crippen LogP contribution in [0.2, 0.25) is 0 Å². The molecule has 0 fully saturated rings. The Morgan fingerprint density at radius 1 is 1.00 bits per heavy atom. The van der Waals surface area contributed by atoms with Crippen LogP contribution in [0.1, 0.15) is 5.56 Å². The first-order valence-electron chi connectivity index (χ1n) is 8.48. The highest BCUT2D eigenvalue weighted by atomic mass is 32.2. The fraction of sp³-hybridized carbons (Fsp3) is 0.100. The number of primary amides is 1. The van der Waals surface area contributed by atoms with Gasteiger partial charge in [-0.15, -0.1) is 0 Å². The van der Waals surface area contributed by atoms with Crippen molar-refractivity contribution in [3.05, 3.63) is 84.6 Å². The zero-order chi connectivity index (χ0) is 20.0. The van der Waals surface area contributed by atoms with Crippen LogP contribution in [0.5, 0.6) is 11.6 Å². The van der Waals surface area contributed by atoms with Crippen molar-refractivity contribution in [3.63, 3.8) is 0 Å². The van der Waals surface area contributed by atoms with Gasteiger partial charge in [0, 0.05) is 6.07 Å². The summed E-state index contributed by atoms with van der Waals surface area (Å²) >= 11 is 0. The molecule has 7 nitrogen and oxygen atoms in total. The van der Waals surface area contributed by atoms with Gasteiger partial charge in [0.15, 0.2) is 0 Å². The van der Waals surface area contributed by atoms with E-state index in [0.29, 0.717) is 5.75 Å². The van der Waals surface area contributed by atoms with Gasteiger partial charge in [0.05, 0.1) is 6.20 Å². The molecule has 0 radical (unpaired) electrons. The second kappa shape index (κ2) is 8.64. The molecule has 3 aromatic rings. The minimum absolute atomic E-state index is 0.0905. The van der Waals surface area contributed by atoms with Crippen molar-refractivity contribution in [1.29, 1.82) is 0 Å². The number of rotatable bonds is 8. The van der Waals surface area contributed by atoms with Crippen LogP contribution in [0.4, 0.5) is 0 Å². The summed E-state index contributed by atoms with van der Waals surface area (Å²) in [6, 6.07) is 19.7. The fourth-order valence-electron chi connectivity index (χ4n) is 2.50. The summed E-state index contributed by atoms with van der Waals surface area (Å²) in [5.74, 6) is 0.0747. The highest BCUT2D eigenvalue weighted by Crippen LogP contribution is 2.20. The van der Waals surface area contributed by atoms with Gasteiger partial charge in [-0.25, -0.2) is 13.4 Å². The monoisotopic (exact) mass is 397 g/mol. The Balaban J connectivity index is 1.72. The van der Waals surface area contributed by atoms with Crippen LogP contribution in [0, 0.1) is 0 Å². The van der Waals surface area contributed by atoms with Crippen LogP contribution < -0.4 is 15.2 Å². The average Bonchev–Trinajstić information content (AvgIpc) is 2.69. The Morgan fingerprint density at radius 3 is 2.21 bits per heavy atom. The highest BCUT2D eigenvalue weighted by molar-refractivity contribution is 7.89. The first-order chi connectivity index (χ1) is 13.4. The summed E-state index contributed by atoms with van der Waals surface area (Å²) in [5, 5.41) is 0. The Labute approximate surface area is 163 Å². The third-order valence-electron chi connectivity index (χ3n) is 3.91. The molecule has 3 N–H and O–H groups in total. The second-order valence-corrected chi connectivity index (χ2v) is 7.73. The van der Waals surface area contributed by atoms with Gasteiger partial charge in [0.1, 0.15) is 16.7 Å². The van der Waals surface area contributed by atoms with Crippen LogP contribution in [0.3, 0.4) is 0 Å². The number of aromatic nitrogens is 1. The molecule has 8 heteroatoms. The molecule has 1 heterocycles. The largest absolute Gasteiger partial charge is 0.439 e. The normalized spacial score (nSPS) is 12.3. The third-order valence-corrected chi connectivity index (χ3v) is 5.37. The molecule has 0 saturated heterocycles. The van der Waals surface area contributed by atoms with E-state index in [9.17, 15) is 13.2 Å². The summed E-state index contributed by atoms with van der Waals surface area (Å²) in [6.07, 6.45) is 1.32. The maximum absolute atomic E-state index is 12.6. The molecule has 1 atom stereocenters. The van der Waals surface area contributed by atoms with Crippen molar-refractivity contribution in [1.82, 2.24) is 9.71 Å². The van der Waals surface area contributed by atoms with E-state index in [0.717, 1.165) is 5.56 Å². The first-order valence-corrected chi connectivity index (χ1v) is 9.97. The number of hydrogen-bond acceptors (Lipinski definition) is 5. The number of amides is 1. The van der Waals surface area contributed by atoms with Crippen molar-refractivity contribution in [3.8, 4) is 11.6 Å². The summed E-state index contributed by atoms with van der Waals surface area (Å²) in [6.45, 7) is 0. The number of ether oxygens (including phenoxy) is 1. The summed E-state index contributed by atoms with van der Waals surface area (Å²) in [7, 11) is -3.98. The summed E-state index contributed by atoms with van der Waals surface area (Å²) < 4.78 is 33.1. The second-order valence-electron chi connectivity index (χ2n) is 6.01. The Kier molecular flexibility index (Phi) is 6.03. The van der Waals surface area contributed by atoms with Crippen molar-refractivity contribution < 1.29 is 17.9 Å². The lowest BCUT2D eigenvalue weighted by atomic mass is 10.1. The van der Waals surface area contributed by atoms with E-state index in [1.165, 1.54) is 18.3 Å². The Bertz CT molecular complexity index is 1020. The highest BCUT2D eigenvalue weighted by Gasteiger charge is 2.24. The van der Waals surface area contributed by atoms with Gasteiger partial charge >= 0.3 is 0 Å². The molecule has 144 valence electrons. The molecule has 1 unspecified atom stereocenters. The number of carbonyl (C=O) groups is 1. The molecule has 0 aliphatic rings. The molecule has 0 aliphatic heterocycles. The van der Waals surface area contributed by atoms with Crippen LogP contribution in [0.15, 0.2) is 83.9 Å². The minimum Gasteiger partial charge on any atom is -0.439 e. The number of benzene rings is 2. The molecule has 0 aliphatic carbocycles. The van der Waals surface area contributed by atoms with E-state index in [4.69, 9.17) is 10.5 Å². The molecule has 2 aromatic carbocycles. The van der Waals surface area contributed by atoms with Crippen LogP contribution in [0.25, 0.3) is 0 Å². The molecule has 3 rings (SSSR count). The zero-order valence-corrected chi connectivity index (χ0v) is 15.7. The SMILES string of the molecule is NC(=O)C(Cc1ccccc1)NS(=O)(=O)c1ccc(Oc2ccccc2)nc1. The third kappa shape index (κ3) is 5.15. The molecule has 0 saturated carbocycles. The topological polar surface area (TPSA) is 111 Å². The van der Waals surface area contributed by atoms with Gasteiger partial charge in [-0.2, -0.15) is 4.72 Å². The quantitative estimate of drug-likeness (QED) is 0.606. The zero-order valence-electron chi connectivity index (χ0n) is 14.9. The van der Waals surface area contributed by atoms with E-state index in [-0.39, 0.29) is 17.2 Å². The number of nitrogens with one attached hydrogen (secondary N) is 1. The number of pyridine rings is 1. The minimum atomic E-state index is -3.98. The average molecular weight is 397 g/mol. The van der Waals surface area contributed by atoms with Gasteiger partial charge in [-0.05, 0) is 30.2 Å². The maximum Gasteiger partial charge on any atom is 0.242 e. The van der Waals surface area contributed by atoms with Crippen LogP contribution in [-0.2, 0) is 21.2 Å². The van der Waals surface area contributed by atoms with Gasteiger partial charge in [0.2, 0.25) is 21.8 Å². The van der Waals surface area contributed by atoms with Crippen molar-refractivity contribution in [2.24, 2.45) is 5.73 Å². The standard InChI is InChI=1S/C20H19N3O4S/c21-20(24)18(13-15-7-3-1-4-8-15)23-28(25,26)17-11-12-19(22-14-17)27-16-9-5-2-6-10-16/h1-12,14,18,23H,13H2,(H2,21,24). The van der Waals surface area contributed by atoms with Gasteiger partial charge in [-0.1, -0.05) is 48.5 Å². The van der Waals surface area contributed by atoms with E-state index in [1.807, 2.05) is 24.3 Å². The Morgan fingerprint density at radius 2 is 1.64 bits per heavy atom. The number of para-hydroxylation sites is 1. The van der Waals surface area contributed by atoms with Crippen molar-refractivity contribution in [2.75, 3.05) is 0 Å². The Hall–Kier alpha value is -3.23. The lowest BCUT2D eigenvalue weighted by molar-refractivity contribution is -0.119. The van der Waals surface area contributed by atoms with Crippen LogP contribution >= 0.6 is 0 Å². The number of nitrogens with zero attached hydrogens (tertiary/aromatic N) is 1. The molecular weight excluding hydrogens is 378 g/mol. The lowest BCUT2D eigenvalue weighted by Crippen LogP contribution is -2.45. The van der Waals surface area contributed by atoms with Crippen molar-refractivity contribution >= 4 is 15.9 Å². The van der Waals surface area contributed by atoms with Gasteiger partial charge < -0.3 is 10.5 Å². The number of sulfonamides is 1. The molecule has 0 bridgehead atoms. The van der Waals surface area contributed by atoms with E-state index < -0.39 is 22.0 Å². The lowest BCUT2D eigenvalue weighted by Gasteiger charge is -2.16.